The highest BCUT2D eigenvalue weighted by molar-refractivity contribution is 5.93. The van der Waals surface area contributed by atoms with E-state index in [-0.39, 0.29) is 23.0 Å². The molecular weight excluding hydrogens is 337 g/mol. The first-order valence-corrected chi connectivity index (χ1v) is 9.06. The standard InChI is InChI=1S/C19H20FN3O3/c20-14-4-12-16(5-17(14)22-6-9-3-11(9)15(21)8-22)23(10-1-2-10)7-13(18(12)24)19(25)26/h4-5,7,9-11,15H,1-3,6,8,21H2,(H,25,26)/t9-,11-,15-/m0/s1. The summed E-state index contributed by atoms with van der Waals surface area (Å²) in [6.45, 7) is 1.38. The normalized spacial score (nSPS) is 27.5. The summed E-state index contributed by atoms with van der Waals surface area (Å²) in [7, 11) is 0. The highest BCUT2D eigenvalue weighted by Crippen LogP contribution is 2.46. The summed E-state index contributed by atoms with van der Waals surface area (Å²) in [5, 5.41) is 9.44. The molecule has 3 fully saturated rings. The zero-order chi connectivity index (χ0) is 18.2. The molecule has 2 aromatic rings. The quantitative estimate of drug-likeness (QED) is 0.877. The first-order chi connectivity index (χ1) is 12.4. The summed E-state index contributed by atoms with van der Waals surface area (Å²) in [5.41, 5.74) is 6.31. The predicted octanol–water partition coefficient (Wildman–Crippen LogP) is 1.96. The Morgan fingerprint density at radius 1 is 1.27 bits per heavy atom. The molecule has 2 heterocycles. The number of nitrogens with zero attached hydrogens (tertiary/aromatic N) is 2. The fourth-order valence-corrected chi connectivity index (χ4v) is 4.36. The molecular formula is C19H20FN3O3. The molecule has 3 N–H and O–H groups in total. The summed E-state index contributed by atoms with van der Waals surface area (Å²) in [6.07, 6.45) is 4.37. The van der Waals surface area contributed by atoms with Crippen LogP contribution in [-0.4, -0.2) is 34.8 Å². The first-order valence-electron chi connectivity index (χ1n) is 9.06. The molecule has 3 atom stereocenters. The Kier molecular flexibility index (Phi) is 3.22. The number of carbonyl (C=O) groups is 1. The van der Waals surface area contributed by atoms with Crippen LogP contribution in [0.5, 0.6) is 0 Å². The van der Waals surface area contributed by atoms with Crippen molar-refractivity contribution in [2.24, 2.45) is 17.6 Å². The molecule has 136 valence electrons. The smallest absolute Gasteiger partial charge is 0.341 e. The van der Waals surface area contributed by atoms with Gasteiger partial charge in [0, 0.05) is 36.8 Å². The molecule has 5 rings (SSSR count). The fraction of sp³-hybridized carbons (Fsp3) is 0.474. The Morgan fingerprint density at radius 3 is 2.69 bits per heavy atom. The summed E-state index contributed by atoms with van der Waals surface area (Å²) in [4.78, 5) is 25.9. The summed E-state index contributed by atoms with van der Waals surface area (Å²) in [5.74, 6) is -0.699. The van der Waals surface area contributed by atoms with E-state index in [2.05, 4.69) is 0 Å². The van der Waals surface area contributed by atoms with Gasteiger partial charge in [-0.3, -0.25) is 4.79 Å². The minimum atomic E-state index is -1.28. The van der Waals surface area contributed by atoms with Crippen LogP contribution in [0.25, 0.3) is 10.9 Å². The fourth-order valence-electron chi connectivity index (χ4n) is 4.36. The number of fused-ring (bicyclic) bond motifs is 2. The van der Waals surface area contributed by atoms with E-state index in [0.29, 0.717) is 29.6 Å². The largest absolute Gasteiger partial charge is 0.477 e. The van der Waals surface area contributed by atoms with Crippen LogP contribution in [0.2, 0.25) is 0 Å². The topological polar surface area (TPSA) is 88.6 Å². The van der Waals surface area contributed by atoms with Crippen LogP contribution in [0.15, 0.2) is 23.1 Å². The number of rotatable bonds is 3. The lowest BCUT2D eigenvalue weighted by Gasteiger charge is -2.32. The Bertz CT molecular complexity index is 998. The van der Waals surface area contributed by atoms with E-state index < -0.39 is 17.2 Å². The van der Waals surface area contributed by atoms with Gasteiger partial charge in [0.15, 0.2) is 0 Å². The number of aromatic nitrogens is 1. The van der Waals surface area contributed by atoms with Crippen molar-refractivity contribution >= 4 is 22.6 Å². The molecule has 6 nitrogen and oxygen atoms in total. The zero-order valence-corrected chi connectivity index (χ0v) is 14.2. The molecule has 3 aliphatic rings. The third-order valence-corrected chi connectivity index (χ3v) is 6.03. The number of hydrogen-bond acceptors (Lipinski definition) is 4. The van der Waals surface area contributed by atoms with Gasteiger partial charge in [0.05, 0.1) is 11.2 Å². The van der Waals surface area contributed by atoms with Gasteiger partial charge in [-0.2, -0.15) is 0 Å². The number of piperidine rings is 1. The second-order valence-electron chi connectivity index (χ2n) is 7.86. The minimum Gasteiger partial charge on any atom is -0.477 e. The van der Waals surface area contributed by atoms with E-state index in [1.165, 1.54) is 12.3 Å². The first kappa shape index (κ1) is 15.8. The van der Waals surface area contributed by atoms with Crippen molar-refractivity contribution in [2.45, 2.75) is 31.3 Å². The average molecular weight is 357 g/mol. The van der Waals surface area contributed by atoms with E-state index in [9.17, 15) is 19.1 Å². The summed E-state index contributed by atoms with van der Waals surface area (Å²) in [6, 6.07) is 3.11. The van der Waals surface area contributed by atoms with Crippen molar-refractivity contribution < 1.29 is 14.3 Å². The second kappa shape index (κ2) is 5.30. The van der Waals surface area contributed by atoms with Gasteiger partial charge in [-0.25, -0.2) is 9.18 Å². The summed E-state index contributed by atoms with van der Waals surface area (Å²) >= 11 is 0. The number of aromatic carboxylic acids is 1. The highest BCUT2D eigenvalue weighted by atomic mass is 19.1. The maximum Gasteiger partial charge on any atom is 0.341 e. The van der Waals surface area contributed by atoms with E-state index in [1.807, 2.05) is 9.47 Å². The molecule has 7 heteroatoms. The Balaban J connectivity index is 1.68. The van der Waals surface area contributed by atoms with Crippen molar-refractivity contribution in [3.05, 3.63) is 39.9 Å². The van der Waals surface area contributed by atoms with E-state index in [4.69, 9.17) is 5.73 Å². The number of carboxylic acids is 1. The Labute approximate surface area is 149 Å². The monoisotopic (exact) mass is 357 g/mol. The van der Waals surface area contributed by atoms with Gasteiger partial charge in [0.1, 0.15) is 11.4 Å². The molecule has 0 radical (unpaired) electrons. The molecule has 0 unspecified atom stereocenters. The lowest BCUT2D eigenvalue weighted by atomic mass is 10.0. The molecule has 0 spiro atoms. The van der Waals surface area contributed by atoms with Crippen LogP contribution >= 0.6 is 0 Å². The van der Waals surface area contributed by atoms with Gasteiger partial charge in [0.25, 0.3) is 0 Å². The van der Waals surface area contributed by atoms with Crippen molar-refractivity contribution in [3.8, 4) is 0 Å². The maximum atomic E-state index is 14.9. The molecule has 1 aliphatic heterocycles. The number of halogens is 1. The SMILES string of the molecule is N[C@H]1CN(c2cc3c(cc2F)c(=O)c(C(=O)O)cn3C2CC2)C[C@@H]2C[C@@H]21. The average Bonchev–Trinajstić information content (AvgIpc) is 3.48. The van der Waals surface area contributed by atoms with Gasteiger partial charge in [-0.1, -0.05) is 0 Å². The molecule has 1 saturated heterocycles. The number of benzene rings is 1. The van der Waals surface area contributed by atoms with Crippen molar-refractivity contribution in [1.82, 2.24) is 4.57 Å². The predicted molar refractivity (Wildman–Crippen MR) is 95.2 cm³/mol. The van der Waals surface area contributed by atoms with Crippen LogP contribution in [0.4, 0.5) is 10.1 Å². The van der Waals surface area contributed by atoms with Gasteiger partial charge < -0.3 is 20.3 Å². The maximum absolute atomic E-state index is 14.9. The molecule has 0 amide bonds. The Morgan fingerprint density at radius 2 is 2.04 bits per heavy atom. The van der Waals surface area contributed by atoms with Gasteiger partial charge >= 0.3 is 5.97 Å². The molecule has 2 saturated carbocycles. The molecule has 2 aliphatic carbocycles. The number of carboxylic acid groups (broad SMARTS) is 1. The van der Waals surface area contributed by atoms with Crippen molar-refractivity contribution in [1.29, 1.82) is 0 Å². The van der Waals surface area contributed by atoms with Gasteiger partial charge in [0.2, 0.25) is 5.43 Å². The number of pyridine rings is 1. The van der Waals surface area contributed by atoms with Crippen LogP contribution in [0.3, 0.4) is 0 Å². The highest BCUT2D eigenvalue weighted by Gasteiger charge is 2.46. The lowest BCUT2D eigenvalue weighted by molar-refractivity contribution is 0.0695. The van der Waals surface area contributed by atoms with E-state index >= 15 is 0 Å². The Hall–Kier alpha value is -2.41. The van der Waals surface area contributed by atoms with Crippen molar-refractivity contribution in [3.63, 3.8) is 0 Å². The van der Waals surface area contributed by atoms with Gasteiger partial charge in [-0.15, -0.1) is 0 Å². The lowest BCUT2D eigenvalue weighted by Crippen LogP contribution is -2.45. The number of anilines is 1. The third kappa shape index (κ3) is 2.34. The molecule has 0 bridgehead atoms. The van der Waals surface area contributed by atoms with Crippen LogP contribution in [0, 0.1) is 17.7 Å². The van der Waals surface area contributed by atoms with Gasteiger partial charge in [-0.05, 0) is 43.2 Å². The summed E-state index contributed by atoms with van der Waals surface area (Å²) < 4.78 is 16.7. The van der Waals surface area contributed by atoms with E-state index in [0.717, 1.165) is 25.8 Å². The van der Waals surface area contributed by atoms with Crippen LogP contribution in [0.1, 0.15) is 35.7 Å². The molecule has 26 heavy (non-hydrogen) atoms. The third-order valence-electron chi connectivity index (χ3n) is 6.03. The molecule has 1 aromatic carbocycles. The van der Waals surface area contributed by atoms with Crippen LogP contribution < -0.4 is 16.1 Å². The van der Waals surface area contributed by atoms with E-state index in [1.54, 1.807) is 6.07 Å². The zero-order valence-electron chi connectivity index (χ0n) is 14.2. The molecule has 1 aromatic heterocycles. The minimum absolute atomic E-state index is 0.0452. The number of hydrogen-bond donors (Lipinski definition) is 2. The second-order valence-corrected chi connectivity index (χ2v) is 7.86. The van der Waals surface area contributed by atoms with Crippen LogP contribution in [-0.2, 0) is 0 Å². The number of nitrogens with two attached hydrogens (primary N) is 1. The van der Waals surface area contributed by atoms with Crippen molar-refractivity contribution in [2.75, 3.05) is 18.0 Å².